The Kier molecular flexibility index (Phi) is 3.98. The van der Waals surface area contributed by atoms with Crippen LogP contribution in [0.25, 0.3) is 0 Å². The summed E-state index contributed by atoms with van der Waals surface area (Å²) in [4.78, 5) is 26.2. The molecule has 0 radical (unpaired) electrons. The summed E-state index contributed by atoms with van der Waals surface area (Å²) in [5.41, 5.74) is -0.000143. The number of benzene rings is 1. The molecule has 2 fully saturated rings. The fourth-order valence-electron chi connectivity index (χ4n) is 3.54. The van der Waals surface area contributed by atoms with E-state index < -0.39 is 5.82 Å². The molecular formula is C16H17ClFNO2. The molecule has 2 aliphatic rings. The maximum Gasteiger partial charge on any atom is 0.257 e. The summed E-state index contributed by atoms with van der Waals surface area (Å²) in [7, 11) is 0. The Balaban J connectivity index is 1.86. The van der Waals surface area contributed by atoms with Gasteiger partial charge in [0.25, 0.3) is 5.91 Å². The highest BCUT2D eigenvalue weighted by atomic mass is 35.5. The van der Waals surface area contributed by atoms with Gasteiger partial charge < -0.3 is 4.90 Å². The highest BCUT2D eigenvalue weighted by Gasteiger charge is 2.40. The second kappa shape index (κ2) is 5.76. The van der Waals surface area contributed by atoms with E-state index >= 15 is 0 Å². The summed E-state index contributed by atoms with van der Waals surface area (Å²) in [6, 6.07) is 4.38. The number of hydrogen-bond acceptors (Lipinski definition) is 2. The molecule has 3 nitrogen and oxygen atoms in total. The fourth-order valence-corrected chi connectivity index (χ4v) is 3.71. The molecular weight excluding hydrogens is 293 g/mol. The smallest absolute Gasteiger partial charge is 0.257 e. The predicted octanol–water partition coefficient (Wildman–Crippen LogP) is 3.45. The molecule has 0 bridgehead atoms. The number of amides is 1. The zero-order valence-electron chi connectivity index (χ0n) is 11.6. The number of Topliss-reactive ketones (excluding diaryl/α,β-unsaturated/α-hetero) is 1. The molecule has 5 heteroatoms. The number of rotatable bonds is 2. The first-order valence-electron chi connectivity index (χ1n) is 7.37. The molecule has 112 valence electrons. The molecule has 1 amide bonds. The zero-order chi connectivity index (χ0) is 15.0. The number of hydrogen-bond donors (Lipinski definition) is 0. The van der Waals surface area contributed by atoms with Crippen molar-refractivity contribution in [2.75, 3.05) is 6.54 Å². The SMILES string of the molecule is O=C1CCCC1C1CCCN1C(=O)c1cccc(Cl)c1F. The third-order valence-electron chi connectivity index (χ3n) is 4.56. The highest BCUT2D eigenvalue weighted by Crippen LogP contribution is 2.34. The van der Waals surface area contributed by atoms with E-state index in [9.17, 15) is 14.0 Å². The standard InChI is InChI=1S/C16H17ClFNO2/c17-12-6-1-5-11(15(12)18)16(21)19-9-3-7-13(19)10-4-2-8-14(10)20/h1,5-6,10,13H,2-4,7-9H2. The van der Waals surface area contributed by atoms with Gasteiger partial charge in [-0.05, 0) is 37.8 Å². The van der Waals surface area contributed by atoms with Gasteiger partial charge in [0.1, 0.15) is 5.78 Å². The van der Waals surface area contributed by atoms with E-state index in [0.717, 1.165) is 25.7 Å². The molecule has 0 aromatic heterocycles. The van der Waals surface area contributed by atoms with E-state index in [-0.39, 0.29) is 34.2 Å². The van der Waals surface area contributed by atoms with Crippen molar-refractivity contribution in [3.63, 3.8) is 0 Å². The van der Waals surface area contributed by atoms with Crippen LogP contribution in [0.4, 0.5) is 4.39 Å². The van der Waals surface area contributed by atoms with Gasteiger partial charge in [0.05, 0.1) is 10.6 Å². The van der Waals surface area contributed by atoms with Crippen LogP contribution in [0.5, 0.6) is 0 Å². The number of likely N-dealkylation sites (tertiary alicyclic amines) is 1. The number of carbonyl (C=O) groups is 2. The van der Waals surface area contributed by atoms with E-state index in [1.165, 1.54) is 12.1 Å². The van der Waals surface area contributed by atoms with Gasteiger partial charge >= 0.3 is 0 Å². The van der Waals surface area contributed by atoms with Crippen LogP contribution in [0.15, 0.2) is 18.2 Å². The minimum Gasteiger partial charge on any atom is -0.335 e. The molecule has 0 spiro atoms. The van der Waals surface area contributed by atoms with Crippen molar-refractivity contribution in [3.05, 3.63) is 34.6 Å². The number of nitrogens with zero attached hydrogens (tertiary/aromatic N) is 1. The van der Waals surface area contributed by atoms with Crippen LogP contribution in [0.2, 0.25) is 5.02 Å². The van der Waals surface area contributed by atoms with Gasteiger partial charge in [0, 0.05) is 24.9 Å². The van der Waals surface area contributed by atoms with Crippen LogP contribution in [0.1, 0.15) is 42.5 Å². The summed E-state index contributed by atoms with van der Waals surface area (Å²) in [5.74, 6) is -0.852. The molecule has 0 N–H and O–H groups in total. The molecule has 1 saturated heterocycles. The van der Waals surface area contributed by atoms with E-state index in [1.807, 2.05) is 0 Å². The summed E-state index contributed by atoms with van der Waals surface area (Å²) >= 11 is 5.75. The van der Waals surface area contributed by atoms with Crippen LogP contribution < -0.4 is 0 Å². The van der Waals surface area contributed by atoms with Gasteiger partial charge in [-0.1, -0.05) is 17.7 Å². The molecule has 21 heavy (non-hydrogen) atoms. The van der Waals surface area contributed by atoms with Crippen molar-refractivity contribution in [1.29, 1.82) is 0 Å². The van der Waals surface area contributed by atoms with Crippen molar-refractivity contribution in [3.8, 4) is 0 Å². The lowest BCUT2D eigenvalue weighted by molar-refractivity contribution is -0.121. The van der Waals surface area contributed by atoms with Crippen molar-refractivity contribution < 1.29 is 14.0 Å². The Labute approximate surface area is 128 Å². The Morgan fingerprint density at radius 1 is 1.29 bits per heavy atom. The molecule has 1 aliphatic heterocycles. The normalized spacial score (nSPS) is 25.6. The third kappa shape index (κ3) is 2.57. The summed E-state index contributed by atoms with van der Waals surface area (Å²) in [5, 5.41) is -0.0476. The molecule has 1 saturated carbocycles. The molecule has 1 aliphatic carbocycles. The minimum absolute atomic E-state index is 0.000143. The minimum atomic E-state index is -0.674. The molecule has 1 aromatic carbocycles. The molecule has 3 rings (SSSR count). The second-order valence-electron chi connectivity index (χ2n) is 5.77. The monoisotopic (exact) mass is 309 g/mol. The van der Waals surface area contributed by atoms with Crippen LogP contribution >= 0.6 is 11.6 Å². The Bertz CT molecular complexity index is 590. The topological polar surface area (TPSA) is 37.4 Å². The first kappa shape index (κ1) is 14.5. The second-order valence-corrected chi connectivity index (χ2v) is 6.18. The van der Waals surface area contributed by atoms with Crippen molar-refractivity contribution >= 4 is 23.3 Å². The largest absolute Gasteiger partial charge is 0.335 e. The van der Waals surface area contributed by atoms with Crippen LogP contribution in [-0.4, -0.2) is 29.2 Å². The lowest BCUT2D eigenvalue weighted by atomic mass is 9.94. The van der Waals surface area contributed by atoms with Gasteiger partial charge in [-0.15, -0.1) is 0 Å². The predicted molar refractivity (Wildman–Crippen MR) is 77.8 cm³/mol. The van der Waals surface area contributed by atoms with Gasteiger partial charge in [0.15, 0.2) is 5.82 Å². The summed E-state index contributed by atoms with van der Waals surface area (Å²) < 4.78 is 14.0. The summed E-state index contributed by atoms with van der Waals surface area (Å²) in [6.07, 6.45) is 4.03. The maximum atomic E-state index is 14.0. The Morgan fingerprint density at radius 3 is 2.81 bits per heavy atom. The lowest BCUT2D eigenvalue weighted by Gasteiger charge is -2.28. The fraction of sp³-hybridized carbons (Fsp3) is 0.500. The Morgan fingerprint density at radius 2 is 2.10 bits per heavy atom. The van der Waals surface area contributed by atoms with Gasteiger partial charge in [-0.2, -0.15) is 0 Å². The highest BCUT2D eigenvalue weighted by molar-refractivity contribution is 6.31. The van der Waals surface area contributed by atoms with Crippen LogP contribution in [0.3, 0.4) is 0 Å². The van der Waals surface area contributed by atoms with Crippen molar-refractivity contribution in [2.45, 2.75) is 38.1 Å². The van der Waals surface area contributed by atoms with E-state index in [2.05, 4.69) is 0 Å². The van der Waals surface area contributed by atoms with Crippen LogP contribution in [-0.2, 0) is 4.79 Å². The van der Waals surface area contributed by atoms with Crippen molar-refractivity contribution in [2.24, 2.45) is 5.92 Å². The van der Waals surface area contributed by atoms with E-state index in [0.29, 0.717) is 13.0 Å². The maximum absolute atomic E-state index is 14.0. The first-order valence-corrected chi connectivity index (χ1v) is 7.75. The number of ketones is 1. The van der Waals surface area contributed by atoms with Gasteiger partial charge in [0.2, 0.25) is 0 Å². The van der Waals surface area contributed by atoms with Crippen LogP contribution in [0, 0.1) is 11.7 Å². The number of halogens is 2. The van der Waals surface area contributed by atoms with E-state index in [1.54, 1.807) is 11.0 Å². The third-order valence-corrected chi connectivity index (χ3v) is 4.85. The molecule has 1 heterocycles. The quantitative estimate of drug-likeness (QED) is 0.839. The number of carbonyl (C=O) groups excluding carboxylic acids is 2. The van der Waals surface area contributed by atoms with Gasteiger partial charge in [-0.25, -0.2) is 4.39 Å². The molecule has 1 aromatic rings. The molecule has 2 atom stereocenters. The Hall–Kier alpha value is -1.42. The molecule has 2 unspecified atom stereocenters. The van der Waals surface area contributed by atoms with E-state index in [4.69, 9.17) is 11.6 Å². The average molecular weight is 310 g/mol. The zero-order valence-corrected chi connectivity index (χ0v) is 12.4. The summed E-state index contributed by atoms with van der Waals surface area (Å²) in [6.45, 7) is 0.583. The van der Waals surface area contributed by atoms with Gasteiger partial charge in [-0.3, -0.25) is 9.59 Å². The average Bonchev–Trinajstić information content (AvgIpc) is 3.09. The van der Waals surface area contributed by atoms with Crippen molar-refractivity contribution in [1.82, 2.24) is 4.90 Å². The first-order chi connectivity index (χ1) is 10.1. The lowest BCUT2D eigenvalue weighted by Crippen LogP contribution is -2.41.